The van der Waals surface area contributed by atoms with Crippen LogP contribution < -0.4 is 4.74 Å². The average Bonchev–Trinajstić information content (AvgIpc) is 3.15. The van der Waals surface area contributed by atoms with Gasteiger partial charge in [-0.05, 0) is 54.2 Å². The first-order valence-corrected chi connectivity index (χ1v) is 9.07. The van der Waals surface area contributed by atoms with Crippen LogP contribution in [0.15, 0.2) is 18.2 Å². The molecule has 3 aliphatic heterocycles. The lowest BCUT2D eigenvalue weighted by molar-refractivity contribution is -0.102. The number of fused-ring (bicyclic) bond motifs is 1. The molecule has 3 aliphatic rings. The van der Waals surface area contributed by atoms with E-state index in [0.717, 1.165) is 56.0 Å². The number of ether oxygens (including phenoxy) is 2. The monoisotopic (exact) mass is 306 g/mol. The SMILES string of the molecule is OC(c1ccc2c(c1)CCO2)C1CCOC2(CCSC2)C1. The smallest absolute Gasteiger partial charge is 0.122 e. The van der Waals surface area contributed by atoms with E-state index >= 15 is 0 Å². The van der Waals surface area contributed by atoms with Crippen LogP contribution in [-0.2, 0) is 11.2 Å². The highest BCUT2D eigenvalue weighted by Crippen LogP contribution is 2.44. The second-order valence-electron chi connectivity index (χ2n) is 6.50. The van der Waals surface area contributed by atoms with Gasteiger partial charge in [-0.15, -0.1) is 0 Å². The summed E-state index contributed by atoms with van der Waals surface area (Å²) in [4.78, 5) is 0. The molecule has 3 unspecified atom stereocenters. The van der Waals surface area contributed by atoms with E-state index in [0.29, 0.717) is 5.92 Å². The van der Waals surface area contributed by atoms with Crippen LogP contribution in [0.2, 0.25) is 0 Å². The number of hydrogen-bond donors (Lipinski definition) is 1. The van der Waals surface area contributed by atoms with Crippen LogP contribution in [0.1, 0.15) is 36.5 Å². The van der Waals surface area contributed by atoms with Gasteiger partial charge in [0.2, 0.25) is 0 Å². The molecular weight excluding hydrogens is 284 g/mol. The fourth-order valence-electron chi connectivity index (χ4n) is 3.86. The fourth-order valence-corrected chi connectivity index (χ4v) is 5.24. The highest BCUT2D eigenvalue weighted by Gasteiger charge is 2.42. The lowest BCUT2D eigenvalue weighted by Gasteiger charge is -2.39. The topological polar surface area (TPSA) is 38.7 Å². The van der Waals surface area contributed by atoms with Crippen LogP contribution >= 0.6 is 11.8 Å². The first kappa shape index (κ1) is 13.9. The van der Waals surface area contributed by atoms with Gasteiger partial charge in [0, 0.05) is 18.8 Å². The van der Waals surface area contributed by atoms with E-state index < -0.39 is 0 Å². The Labute approximate surface area is 130 Å². The van der Waals surface area contributed by atoms with E-state index in [2.05, 4.69) is 6.07 Å². The van der Waals surface area contributed by atoms with E-state index in [1.165, 1.54) is 11.3 Å². The predicted molar refractivity (Wildman–Crippen MR) is 83.9 cm³/mol. The van der Waals surface area contributed by atoms with Crippen LogP contribution in [-0.4, -0.2) is 35.4 Å². The van der Waals surface area contributed by atoms with Gasteiger partial charge in [-0.25, -0.2) is 0 Å². The van der Waals surface area contributed by atoms with Gasteiger partial charge in [0.1, 0.15) is 5.75 Å². The van der Waals surface area contributed by atoms with Crippen LogP contribution in [0, 0.1) is 5.92 Å². The molecule has 3 heterocycles. The normalized spacial score (nSPS) is 32.9. The van der Waals surface area contributed by atoms with Crippen molar-refractivity contribution in [2.24, 2.45) is 5.92 Å². The van der Waals surface area contributed by atoms with Gasteiger partial charge in [0.25, 0.3) is 0 Å². The van der Waals surface area contributed by atoms with Gasteiger partial charge in [0.15, 0.2) is 0 Å². The Balaban J connectivity index is 1.52. The second kappa shape index (κ2) is 5.49. The third-order valence-electron chi connectivity index (χ3n) is 5.10. The van der Waals surface area contributed by atoms with E-state index in [9.17, 15) is 5.11 Å². The number of aliphatic hydroxyl groups is 1. The van der Waals surface area contributed by atoms with E-state index in [-0.39, 0.29) is 11.7 Å². The Morgan fingerprint density at radius 2 is 2.29 bits per heavy atom. The zero-order valence-corrected chi connectivity index (χ0v) is 13.0. The van der Waals surface area contributed by atoms with Gasteiger partial charge < -0.3 is 14.6 Å². The molecule has 4 rings (SSSR count). The van der Waals surface area contributed by atoms with Crippen molar-refractivity contribution >= 4 is 11.8 Å². The van der Waals surface area contributed by atoms with Crippen LogP contribution in [0.5, 0.6) is 5.75 Å². The molecule has 2 fully saturated rings. The average molecular weight is 306 g/mol. The third-order valence-corrected chi connectivity index (χ3v) is 6.32. The largest absolute Gasteiger partial charge is 0.493 e. The molecular formula is C17H22O3S. The van der Waals surface area contributed by atoms with Crippen molar-refractivity contribution in [3.05, 3.63) is 29.3 Å². The van der Waals surface area contributed by atoms with Crippen molar-refractivity contribution in [1.29, 1.82) is 0 Å². The maximum atomic E-state index is 10.8. The summed E-state index contributed by atoms with van der Waals surface area (Å²) >= 11 is 1.98. The third kappa shape index (κ3) is 2.58. The van der Waals surface area contributed by atoms with Crippen LogP contribution in [0.4, 0.5) is 0 Å². The maximum Gasteiger partial charge on any atom is 0.122 e. The van der Waals surface area contributed by atoms with E-state index in [4.69, 9.17) is 9.47 Å². The van der Waals surface area contributed by atoms with Gasteiger partial charge in [-0.3, -0.25) is 0 Å². The molecule has 0 aliphatic carbocycles. The fraction of sp³-hybridized carbons (Fsp3) is 0.647. The summed E-state index contributed by atoms with van der Waals surface area (Å²) in [6.07, 6.45) is 3.68. The predicted octanol–water partition coefficient (Wildman–Crippen LogP) is 2.96. The molecule has 1 N–H and O–H groups in total. The van der Waals surface area contributed by atoms with Crippen molar-refractivity contribution in [3.63, 3.8) is 0 Å². The Hall–Kier alpha value is -0.710. The van der Waals surface area contributed by atoms with E-state index in [1.54, 1.807) is 0 Å². The first-order chi connectivity index (χ1) is 10.3. The summed E-state index contributed by atoms with van der Waals surface area (Å²) in [6, 6.07) is 6.18. The summed E-state index contributed by atoms with van der Waals surface area (Å²) in [7, 11) is 0. The molecule has 4 heteroatoms. The van der Waals surface area contributed by atoms with Gasteiger partial charge in [0.05, 0.1) is 18.3 Å². The standard InChI is InChI=1S/C17H22O3S/c18-16(13-1-2-15-12(9-13)3-6-19-15)14-4-7-20-17(10-14)5-8-21-11-17/h1-2,9,14,16,18H,3-8,10-11H2. The van der Waals surface area contributed by atoms with Crippen molar-refractivity contribution in [2.45, 2.75) is 37.4 Å². The number of aliphatic hydroxyl groups excluding tert-OH is 1. The molecule has 2 saturated heterocycles. The molecule has 21 heavy (non-hydrogen) atoms. The van der Waals surface area contributed by atoms with Crippen molar-refractivity contribution in [2.75, 3.05) is 24.7 Å². The number of hydrogen-bond acceptors (Lipinski definition) is 4. The molecule has 1 aromatic rings. The van der Waals surface area contributed by atoms with Gasteiger partial charge in [-0.1, -0.05) is 6.07 Å². The molecule has 1 spiro atoms. The summed E-state index contributed by atoms with van der Waals surface area (Å²) < 4.78 is 11.6. The number of benzene rings is 1. The van der Waals surface area contributed by atoms with Crippen LogP contribution in [0.3, 0.4) is 0 Å². The number of rotatable bonds is 2. The molecule has 0 aromatic heterocycles. The van der Waals surface area contributed by atoms with Gasteiger partial charge >= 0.3 is 0 Å². The van der Waals surface area contributed by atoms with Crippen LogP contribution in [0.25, 0.3) is 0 Å². The first-order valence-electron chi connectivity index (χ1n) is 7.91. The Morgan fingerprint density at radius 1 is 1.33 bits per heavy atom. The summed E-state index contributed by atoms with van der Waals surface area (Å²) in [5.41, 5.74) is 2.32. The lowest BCUT2D eigenvalue weighted by Crippen LogP contribution is -2.41. The minimum absolute atomic E-state index is 0.0361. The van der Waals surface area contributed by atoms with Gasteiger partial charge in [-0.2, -0.15) is 11.8 Å². The highest BCUT2D eigenvalue weighted by atomic mass is 32.2. The lowest BCUT2D eigenvalue weighted by atomic mass is 9.80. The minimum atomic E-state index is -0.373. The quantitative estimate of drug-likeness (QED) is 0.912. The molecule has 0 bridgehead atoms. The zero-order valence-electron chi connectivity index (χ0n) is 12.2. The molecule has 0 saturated carbocycles. The highest BCUT2D eigenvalue weighted by molar-refractivity contribution is 7.99. The zero-order chi connectivity index (χ0) is 14.3. The molecule has 1 aromatic carbocycles. The molecule has 0 radical (unpaired) electrons. The Bertz CT molecular complexity index is 525. The Morgan fingerprint density at radius 3 is 3.14 bits per heavy atom. The second-order valence-corrected chi connectivity index (χ2v) is 7.60. The minimum Gasteiger partial charge on any atom is -0.493 e. The maximum absolute atomic E-state index is 10.8. The molecule has 114 valence electrons. The molecule has 3 nitrogen and oxygen atoms in total. The van der Waals surface area contributed by atoms with Crippen molar-refractivity contribution in [3.8, 4) is 5.75 Å². The number of thioether (sulfide) groups is 1. The summed E-state index contributed by atoms with van der Waals surface area (Å²) in [5, 5.41) is 10.8. The molecule has 3 atom stereocenters. The summed E-state index contributed by atoms with van der Waals surface area (Å²) in [5.74, 6) is 3.59. The Kier molecular flexibility index (Phi) is 3.64. The van der Waals surface area contributed by atoms with Crippen molar-refractivity contribution < 1.29 is 14.6 Å². The molecule has 0 amide bonds. The summed E-state index contributed by atoms with van der Waals surface area (Å²) in [6.45, 7) is 1.56. The van der Waals surface area contributed by atoms with E-state index in [1.807, 2.05) is 23.9 Å². The van der Waals surface area contributed by atoms with Crippen molar-refractivity contribution in [1.82, 2.24) is 0 Å².